The molecule has 39 heavy (non-hydrogen) atoms. The Morgan fingerprint density at radius 1 is 1.08 bits per heavy atom. The minimum absolute atomic E-state index is 0.0530. The van der Waals surface area contributed by atoms with Gasteiger partial charge in [-0.1, -0.05) is 18.2 Å². The highest BCUT2D eigenvalue weighted by molar-refractivity contribution is 6.06. The molecular weight excluding hydrogens is 508 g/mol. The van der Waals surface area contributed by atoms with E-state index in [1.807, 2.05) is 24.3 Å². The Balaban J connectivity index is 1.47. The van der Waals surface area contributed by atoms with E-state index < -0.39 is 41.7 Å². The lowest BCUT2D eigenvalue weighted by Gasteiger charge is -2.46. The Bertz CT molecular complexity index is 1570. The molecule has 4 aromatic rings. The zero-order valence-corrected chi connectivity index (χ0v) is 22.1. The number of anilines is 1. The van der Waals surface area contributed by atoms with Crippen LogP contribution < -0.4 is 20.4 Å². The number of aromatic nitrogens is 1. The molecule has 3 heterocycles. The van der Waals surface area contributed by atoms with Gasteiger partial charge in [-0.15, -0.1) is 0 Å². The van der Waals surface area contributed by atoms with Crippen LogP contribution in [0.15, 0.2) is 51.7 Å². The first-order valence-electron chi connectivity index (χ1n) is 12.3. The summed E-state index contributed by atoms with van der Waals surface area (Å²) in [5.41, 5.74) is -0.128. The molecule has 1 aliphatic heterocycles. The van der Waals surface area contributed by atoms with E-state index >= 15 is 0 Å². The van der Waals surface area contributed by atoms with E-state index in [1.165, 1.54) is 20.3 Å². The molecule has 206 valence electrons. The van der Waals surface area contributed by atoms with Gasteiger partial charge in [0.2, 0.25) is 6.29 Å². The number of para-hydroxylation sites is 1. The van der Waals surface area contributed by atoms with Crippen LogP contribution in [0.25, 0.3) is 21.9 Å². The summed E-state index contributed by atoms with van der Waals surface area (Å²) in [6, 6.07) is 12.2. The highest BCUT2D eigenvalue weighted by atomic mass is 16.7. The van der Waals surface area contributed by atoms with Crippen LogP contribution in [0.4, 0.5) is 5.69 Å². The fourth-order valence-corrected chi connectivity index (χ4v) is 4.97. The monoisotopic (exact) mass is 538 g/mol. The van der Waals surface area contributed by atoms with Gasteiger partial charge >= 0.3 is 5.63 Å². The van der Waals surface area contributed by atoms with Gasteiger partial charge in [0.15, 0.2) is 11.5 Å². The summed E-state index contributed by atoms with van der Waals surface area (Å²) in [6.45, 7) is 5.07. The maximum atomic E-state index is 12.9. The van der Waals surface area contributed by atoms with Crippen molar-refractivity contribution >= 4 is 33.5 Å². The van der Waals surface area contributed by atoms with Gasteiger partial charge in [-0.05, 0) is 45.0 Å². The maximum absolute atomic E-state index is 12.9. The van der Waals surface area contributed by atoms with Gasteiger partial charge in [-0.3, -0.25) is 4.79 Å². The number of H-pyrrole nitrogens is 1. The van der Waals surface area contributed by atoms with Gasteiger partial charge in [-0.2, -0.15) is 0 Å². The predicted octanol–water partition coefficient (Wildman–Crippen LogP) is 3.09. The number of ether oxygens (including phenoxy) is 4. The van der Waals surface area contributed by atoms with Gasteiger partial charge in [-0.25, -0.2) is 4.79 Å². The number of methoxy groups -OCH3 is 2. The van der Waals surface area contributed by atoms with Crippen LogP contribution in [-0.2, 0) is 9.47 Å². The molecule has 1 aliphatic rings. The van der Waals surface area contributed by atoms with Crippen LogP contribution in [0, 0.1) is 6.92 Å². The lowest BCUT2D eigenvalue weighted by atomic mass is 9.89. The molecule has 1 saturated heterocycles. The second kappa shape index (κ2) is 10.0. The van der Waals surface area contributed by atoms with Gasteiger partial charge in [0, 0.05) is 29.0 Å². The molecule has 1 amide bonds. The number of hydrogen-bond acceptors (Lipinski definition) is 9. The lowest BCUT2D eigenvalue weighted by molar-refractivity contribution is -0.306. The topological polar surface area (TPSA) is 152 Å². The van der Waals surface area contributed by atoms with Gasteiger partial charge in [0.1, 0.15) is 35.3 Å². The minimum Gasteiger partial charge on any atom is -0.493 e. The Kier molecular flexibility index (Phi) is 6.85. The first kappa shape index (κ1) is 26.7. The molecule has 0 unspecified atom stereocenters. The zero-order chi connectivity index (χ0) is 28.1. The average Bonchev–Trinajstić information content (AvgIpc) is 3.34. The van der Waals surface area contributed by atoms with E-state index in [0.717, 1.165) is 10.9 Å². The molecule has 0 aliphatic carbocycles. The fraction of sp³-hybridized carbons (Fsp3) is 0.357. The standard InChI is InChI=1S/C28H30N2O9/c1-13-22-15(11-18(26(34)37-22)30-25(33)17-10-14-8-6-7-9-16(14)29-17)12-19(35-4)23(13)38-27-21(32)20(31)24(36-5)28(2,3)39-27/h6-12,20-21,24,27,29,31-32H,1-5H3,(H,30,33)/t20-,21+,24+,27+/m0/s1. The van der Waals surface area contributed by atoms with Crippen LogP contribution >= 0.6 is 0 Å². The Labute approximate surface area is 223 Å². The number of benzene rings is 2. The molecule has 0 bridgehead atoms. The summed E-state index contributed by atoms with van der Waals surface area (Å²) >= 11 is 0. The first-order valence-corrected chi connectivity index (χ1v) is 12.3. The number of fused-ring (bicyclic) bond motifs is 2. The van der Waals surface area contributed by atoms with Crippen molar-refractivity contribution in [2.45, 2.75) is 51.0 Å². The number of aliphatic hydroxyl groups excluding tert-OH is 2. The summed E-state index contributed by atoms with van der Waals surface area (Å²) in [6.07, 6.45) is -4.77. The highest BCUT2D eigenvalue weighted by Crippen LogP contribution is 2.40. The number of aryl methyl sites for hydroxylation is 1. The van der Waals surface area contributed by atoms with Crippen molar-refractivity contribution in [3.8, 4) is 11.5 Å². The van der Waals surface area contributed by atoms with Crippen molar-refractivity contribution in [1.82, 2.24) is 4.98 Å². The van der Waals surface area contributed by atoms with Gasteiger partial charge in [0.25, 0.3) is 5.91 Å². The number of hydrogen-bond donors (Lipinski definition) is 4. The average molecular weight is 539 g/mol. The molecule has 2 aromatic heterocycles. The summed E-state index contributed by atoms with van der Waals surface area (Å²) in [7, 11) is 2.85. The maximum Gasteiger partial charge on any atom is 0.360 e. The van der Waals surface area contributed by atoms with E-state index in [0.29, 0.717) is 16.6 Å². The van der Waals surface area contributed by atoms with Crippen LogP contribution in [0.1, 0.15) is 29.9 Å². The SMILES string of the molecule is COc1cc2cc(NC(=O)c3cc4ccccc4[nH]3)c(=O)oc2c(C)c1O[C@@H]1OC(C)(C)[C@H](OC)[C@@H](O)[C@H]1O. The van der Waals surface area contributed by atoms with Crippen molar-refractivity contribution in [2.75, 3.05) is 19.5 Å². The normalized spacial score (nSPS) is 22.6. The fourth-order valence-electron chi connectivity index (χ4n) is 4.97. The quantitative estimate of drug-likeness (QED) is 0.271. The molecule has 4 N–H and O–H groups in total. The van der Waals surface area contributed by atoms with Crippen LogP contribution in [-0.4, -0.2) is 65.5 Å². The lowest BCUT2D eigenvalue weighted by Crippen LogP contribution is -2.63. The molecule has 0 spiro atoms. The third kappa shape index (κ3) is 4.74. The van der Waals surface area contributed by atoms with E-state index in [1.54, 1.807) is 32.9 Å². The van der Waals surface area contributed by atoms with E-state index in [9.17, 15) is 19.8 Å². The summed E-state index contributed by atoms with van der Waals surface area (Å²) in [4.78, 5) is 28.7. The van der Waals surface area contributed by atoms with E-state index in [-0.39, 0.29) is 22.8 Å². The first-order chi connectivity index (χ1) is 18.5. The highest BCUT2D eigenvalue weighted by Gasteiger charge is 2.50. The van der Waals surface area contributed by atoms with Crippen LogP contribution in [0.3, 0.4) is 0 Å². The number of aliphatic hydroxyl groups is 2. The van der Waals surface area contributed by atoms with Crippen molar-refractivity contribution in [1.29, 1.82) is 0 Å². The van der Waals surface area contributed by atoms with Crippen molar-refractivity contribution in [3.63, 3.8) is 0 Å². The predicted molar refractivity (Wildman–Crippen MR) is 142 cm³/mol. The van der Waals surface area contributed by atoms with Gasteiger partial charge in [0.05, 0.1) is 12.7 Å². The number of aromatic amines is 1. The summed E-state index contributed by atoms with van der Waals surface area (Å²) in [5, 5.41) is 25.2. The van der Waals surface area contributed by atoms with Crippen molar-refractivity contribution in [3.05, 3.63) is 64.1 Å². The molecular formula is C28H30N2O9. The molecule has 11 nitrogen and oxygen atoms in total. The third-order valence-corrected chi connectivity index (χ3v) is 6.94. The molecule has 0 saturated carbocycles. The van der Waals surface area contributed by atoms with E-state index in [4.69, 9.17) is 23.4 Å². The molecule has 0 radical (unpaired) electrons. The summed E-state index contributed by atoms with van der Waals surface area (Å²) in [5.74, 6) is -0.0786. The van der Waals surface area contributed by atoms with E-state index in [2.05, 4.69) is 10.3 Å². The second-order valence-electron chi connectivity index (χ2n) is 9.97. The number of nitrogens with one attached hydrogen (secondary N) is 2. The zero-order valence-electron chi connectivity index (χ0n) is 22.1. The number of carbonyl (C=O) groups is 1. The Hall–Kier alpha value is -3.90. The molecule has 11 heteroatoms. The number of rotatable bonds is 6. The van der Waals surface area contributed by atoms with Crippen LogP contribution in [0.2, 0.25) is 0 Å². The second-order valence-corrected chi connectivity index (χ2v) is 9.97. The molecule has 4 atom stereocenters. The smallest absolute Gasteiger partial charge is 0.360 e. The molecule has 1 fully saturated rings. The molecule has 5 rings (SSSR count). The third-order valence-electron chi connectivity index (χ3n) is 6.94. The Morgan fingerprint density at radius 2 is 1.82 bits per heavy atom. The largest absolute Gasteiger partial charge is 0.493 e. The molecule has 2 aromatic carbocycles. The van der Waals surface area contributed by atoms with Crippen molar-refractivity contribution in [2.24, 2.45) is 0 Å². The number of amides is 1. The summed E-state index contributed by atoms with van der Waals surface area (Å²) < 4.78 is 28.3. The van der Waals surface area contributed by atoms with Crippen LogP contribution in [0.5, 0.6) is 11.5 Å². The number of carbonyl (C=O) groups excluding carboxylic acids is 1. The minimum atomic E-state index is -1.43. The Morgan fingerprint density at radius 3 is 2.51 bits per heavy atom. The van der Waals surface area contributed by atoms with Gasteiger partial charge < -0.3 is 43.9 Å². The van der Waals surface area contributed by atoms with Crippen molar-refractivity contribution < 1.29 is 38.4 Å².